The third kappa shape index (κ3) is 2.87. The predicted octanol–water partition coefficient (Wildman–Crippen LogP) is 3.27. The van der Waals surface area contributed by atoms with Crippen LogP contribution in [0.15, 0.2) is 4.42 Å². The van der Waals surface area contributed by atoms with E-state index in [0.29, 0.717) is 11.6 Å². The summed E-state index contributed by atoms with van der Waals surface area (Å²) in [6.45, 7) is 10.1. The van der Waals surface area contributed by atoms with Gasteiger partial charge < -0.3 is 9.15 Å². The van der Waals surface area contributed by atoms with Crippen LogP contribution in [0, 0.1) is 0 Å². The second kappa shape index (κ2) is 4.90. The summed E-state index contributed by atoms with van der Waals surface area (Å²) >= 11 is 0. The molecule has 96 valence electrons. The molecule has 0 aliphatic rings. The summed E-state index contributed by atoms with van der Waals surface area (Å²) in [6, 6.07) is 0. The fraction of sp³-hybridized carbons (Fsp3) is 0.692. The van der Waals surface area contributed by atoms with Crippen molar-refractivity contribution < 1.29 is 13.9 Å². The first-order chi connectivity index (χ1) is 7.81. The van der Waals surface area contributed by atoms with Gasteiger partial charge in [0.25, 0.3) is 0 Å². The Morgan fingerprint density at radius 1 is 1.47 bits per heavy atom. The van der Waals surface area contributed by atoms with Crippen molar-refractivity contribution >= 4 is 5.97 Å². The van der Waals surface area contributed by atoms with Crippen LogP contribution in [-0.2, 0) is 10.2 Å². The lowest BCUT2D eigenvalue weighted by atomic mass is 9.91. The first kappa shape index (κ1) is 13.7. The molecule has 0 aliphatic carbocycles. The molecule has 1 atom stereocenters. The molecular weight excluding hydrogens is 218 g/mol. The molecule has 0 fully saturated rings. The zero-order valence-electron chi connectivity index (χ0n) is 11.5. The van der Waals surface area contributed by atoms with E-state index in [9.17, 15) is 4.79 Å². The van der Waals surface area contributed by atoms with E-state index in [-0.39, 0.29) is 17.1 Å². The maximum absolute atomic E-state index is 11.6. The molecule has 0 saturated heterocycles. The number of aromatic nitrogens is 1. The van der Waals surface area contributed by atoms with Crippen LogP contribution in [0.3, 0.4) is 0 Å². The zero-order valence-corrected chi connectivity index (χ0v) is 11.5. The molecule has 0 saturated carbocycles. The highest BCUT2D eigenvalue weighted by molar-refractivity contribution is 5.87. The van der Waals surface area contributed by atoms with Crippen LogP contribution in [0.25, 0.3) is 0 Å². The van der Waals surface area contributed by atoms with Crippen molar-refractivity contribution in [2.75, 3.05) is 7.11 Å². The van der Waals surface area contributed by atoms with Crippen LogP contribution in [0.1, 0.15) is 69.1 Å². The minimum atomic E-state index is -0.461. The Labute approximate surface area is 102 Å². The van der Waals surface area contributed by atoms with E-state index in [2.05, 4.69) is 11.9 Å². The maximum Gasteiger partial charge on any atom is 0.376 e. The summed E-state index contributed by atoms with van der Waals surface area (Å²) in [5, 5.41) is 0. The summed E-state index contributed by atoms with van der Waals surface area (Å²) in [5.41, 5.74) is 0.429. The molecule has 0 N–H and O–H groups in total. The molecule has 0 spiro atoms. The van der Waals surface area contributed by atoms with Crippen LogP contribution in [-0.4, -0.2) is 18.1 Å². The number of carbonyl (C=O) groups is 1. The van der Waals surface area contributed by atoms with Gasteiger partial charge in [0.1, 0.15) is 0 Å². The lowest BCUT2D eigenvalue weighted by molar-refractivity contribution is 0.0558. The lowest BCUT2D eigenvalue weighted by Crippen LogP contribution is -2.17. The van der Waals surface area contributed by atoms with Gasteiger partial charge in [-0.1, -0.05) is 34.6 Å². The number of ether oxygens (including phenoxy) is 1. The van der Waals surface area contributed by atoms with E-state index in [1.54, 1.807) is 0 Å². The topological polar surface area (TPSA) is 52.3 Å². The molecule has 17 heavy (non-hydrogen) atoms. The van der Waals surface area contributed by atoms with Gasteiger partial charge >= 0.3 is 5.97 Å². The Balaban J connectivity index is 3.26. The molecule has 1 heterocycles. The second-order valence-corrected chi connectivity index (χ2v) is 5.28. The fourth-order valence-corrected chi connectivity index (χ4v) is 1.46. The monoisotopic (exact) mass is 239 g/mol. The van der Waals surface area contributed by atoms with E-state index in [1.165, 1.54) is 7.11 Å². The number of nitrogens with zero attached hydrogens (tertiary/aromatic N) is 1. The van der Waals surface area contributed by atoms with Gasteiger partial charge in [-0.05, 0) is 6.42 Å². The number of methoxy groups -OCH3 is 1. The molecule has 4 nitrogen and oxygen atoms in total. The highest BCUT2D eigenvalue weighted by Gasteiger charge is 2.30. The maximum atomic E-state index is 11.6. The summed E-state index contributed by atoms with van der Waals surface area (Å²) in [7, 11) is 1.35. The molecule has 1 aromatic heterocycles. The first-order valence-corrected chi connectivity index (χ1v) is 5.90. The average Bonchev–Trinajstić information content (AvgIpc) is 2.71. The molecule has 0 bridgehead atoms. The second-order valence-electron chi connectivity index (χ2n) is 5.28. The van der Waals surface area contributed by atoms with E-state index < -0.39 is 5.97 Å². The number of hydrogen-bond acceptors (Lipinski definition) is 4. The van der Waals surface area contributed by atoms with Gasteiger partial charge in [-0.15, -0.1) is 0 Å². The van der Waals surface area contributed by atoms with Crippen molar-refractivity contribution in [1.82, 2.24) is 4.98 Å². The van der Waals surface area contributed by atoms with Crippen molar-refractivity contribution in [3.05, 3.63) is 17.3 Å². The molecule has 0 amide bonds. The van der Waals surface area contributed by atoms with E-state index in [4.69, 9.17) is 9.15 Å². The Morgan fingerprint density at radius 2 is 2.06 bits per heavy atom. The van der Waals surface area contributed by atoms with E-state index in [0.717, 1.165) is 6.42 Å². The van der Waals surface area contributed by atoms with Crippen LogP contribution >= 0.6 is 0 Å². The van der Waals surface area contributed by atoms with Gasteiger partial charge in [0, 0.05) is 11.3 Å². The smallest absolute Gasteiger partial charge is 0.376 e. The molecule has 4 heteroatoms. The van der Waals surface area contributed by atoms with E-state index in [1.807, 2.05) is 27.7 Å². The van der Waals surface area contributed by atoms with Crippen molar-refractivity contribution in [2.45, 2.75) is 52.4 Å². The highest BCUT2D eigenvalue weighted by atomic mass is 16.5. The predicted molar refractivity (Wildman–Crippen MR) is 65.2 cm³/mol. The third-order valence-electron chi connectivity index (χ3n) is 2.76. The number of rotatable bonds is 3. The first-order valence-electron chi connectivity index (χ1n) is 5.90. The van der Waals surface area contributed by atoms with Gasteiger partial charge in [0.05, 0.1) is 12.8 Å². The van der Waals surface area contributed by atoms with Gasteiger partial charge in [0.2, 0.25) is 5.76 Å². The third-order valence-corrected chi connectivity index (χ3v) is 2.76. The van der Waals surface area contributed by atoms with Crippen LogP contribution in [0.5, 0.6) is 0 Å². The molecule has 1 aromatic rings. The standard InChI is InChI=1S/C13H21NO3/c1-7-8(2)11-14-10(13(3,4)5)9(17-11)12(15)16-6/h8H,7H2,1-6H3. The van der Waals surface area contributed by atoms with Gasteiger partial charge in [-0.3, -0.25) is 0 Å². The SMILES string of the molecule is CCC(C)c1nc(C(C)(C)C)c(C(=O)OC)o1. The zero-order chi connectivity index (χ0) is 13.2. The summed E-state index contributed by atoms with van der Waals surface area (Å²) in [5.74, 6) is 0.583. The van der Waals surface area contributed by atoms with Gasteiger partial charge in [-0.2, -0.15) is 0 Å². The molecule has 0 aromatic carbocycles. The highest BCUT2D eigenvalue weighted by Crippen LogP contribution is 2.29. The van der Waals surface area contributed by atoms with Crippen LogP contribution in [0.2, 0.25) is 0 Å². The Morgan fingerprint density at radius 3 is 2.47 bits per heavy atom. The fourth-order valence-electron chi connectivity index (χ4n) is 1.46. The number of hydrogen-bond donors (Lipinski definition) is 0. The largest absolute Gasteiger partial charge is 0.463 e. The van der Waals surface area contributed by atoms with E-state index >= 15 is 0 Å². The van der Waals surface area contributed by atoms with Crippen LogP contribution in [0.4, 0.5) is 0 Å². The molecule has 0 radical (unpaired) electrons. The van der Waals surface area contributed by atoms with Crippen molar-refractivity contribution in [2.24, 2.45) is 0 Å². The Hall–Kier alpha value is -1.32. The van der Waals surface area contributed by atoms with Crippen LogP contribution < -0.4 is 0 Å². The van der Waals surface area contributed by atoms with Gasteiger partial charge in [0.15, 0.2) is 5.89 Å². The minimum absolute atomic E-state index is 0.203. The lowest BCUT2D eigenvalue weighted by Gasteiger charge is -2.15. The number of esters is 1. The quantitative estimate of drug-likeness (QED) is 0.759. The molecule has 0 aliphatic heterocycles. The minimum Gasteiger partial charge on any atom is -0.463 e. The molecule has 1 rings (SSSR count). The summed E-state index contributed by atoms with van der Waals surface area (Å²) in [6.07, 6.45) is 0.921. The normalized spacial score (nSPS) is 13.5. The van der Waals surface area contributed by atoms with Crippen molar-refractivity contribution in [3.8, 4) is 0 Å². The number of oxazole rings is 1. The van der Waals surface area contributed by atoms with Crippen molar-refractivity contribution in [1.29, 1.82) is 0 Å². The van der Waals surface area contributed by atoms with Crippen molar-refractivity contribution in [3.63, 3.8) is 0 Å². The number of carbonyl (C=O) groups excluding carboxylic acids is 1. The molecule has 1 unspecified atom stereocenters. The average molecular weight is 239 g/mol. The summed E-state index contributed by atoms with van der Waals surface area (Å²) in [4.78, 5) is 16.1. The van der Waals surface area contributed by atoms with Gasteiger partial charge in [-0.25, -0.2) is 9.78 Å². The summed E-state index contributed by atoms with van der Waals surface area (Å²) < 4.78 is 10.3. The molecular formula is C13H21NO3. The Kier molecular flexibility index (Phi) is 3.96. The Bertz CT molecular complexity index is 401.